The molecule has 0 aromatic heterocycles. The van der Waals surface area contributed by atoms with Gasteiger partial charge in [-0.1, -0.05) is 12.2 Å². The molecule has 0 aromatic rings. The van der Waals surface area contributed by atoms with Crippen LogP contribution < -0.4 is 5.32 Å². The molecule has 1 aliphatic heterocycles. The van der Waals surface area contributed by atoms with Crippen LogP contribution in [0.15, 0.2) is 0 Å². The zero-order chi connectivity index (χ0) is 9.97. The van der Waals surface area contributed by atoms with Crippen LogP contribution in [-0.4, -0.2) is 48.1 Å². The Morgan fingerprint density at radius 1 is 1.36 bits per heavy atom. The van der Waals surface area contributed by atoms with Gasteiger partial charge < -0.3 is 15.0 Å². The van der Waals surface area contributed by atoms with Gasteiger partial charge in [-0.2, -0.15) is 0 Å². The maximum atomic E-state index is 11.6. The van der Waals surface area contributed by atoms with E-state index >= 15 is 0 Å². The van der Waals surface area contributed by atoms with Crippen molar-refractivity contribution in [2.45, 2.75) is 18.9 Å². The van der Waals surface area contributed by atoms with Gasteiger partial charge in [-0.3, -0.25) is 4.79 Å². The molecule has 2 rings (SSSR count). The lowest BCUT2D eigenvalue weighted by Crippen LogP contribution is -2.47. The zero-order valence-electron chi connectivity index (χ0n) is 7.99. The van der Waals surface area contributed by atoms with Crippen molar-refractivity contribution in [3.05, 3.63) is 0 Å². The summed E-state index contributed by atoms with van der Waals surface area (Å²) in [4.78, 5) is 13.9. The average Bonchev–Trinajstić information content (AvgIpc) is 3.02. The van der Waals surface area contributed by atoms with E-state index in [0.29, 0.717) is 24.2 Å². The number of hydrogen-bond donors (Lipinski definition) is 1. The van der Waals surface area contributed by atoms with Crippen LogP contribution in [0, 0.1) is 0 Å². The van der Waals surface area contributed by atoms with Crippen LogP contribution in [0.2, 0.25) is 0 Å². The highest BCUT2D eigenvalue weighted by Crippen LogP contribution is 2.18. The third-order valence-electron chi connectivity index (χ3n) is 2.41. The molecule has 14 heavy (non-hydrogen) atoms. The Morgan fingerprint density at radius 3 is 2.57 bits per heavy atom. The molecule has 1 saturated heterocycles. The standard InChI is InChI=1S/C9H14N2O2S/c12-8(10-7-1-2-7)9(14)11-3-5-13-6-4-11/h7H,1-6H2,(H,10,12). The van der Waals surface area contributed by atoms with Gasteiger partial charge in [-0.05, 0) is 12.8 Å². The molecule has 0 atom stereocenters. The first-order valence-corrected chi connectivity index (χ1v) is 5.36. The smallest absolute Gasteiger partial charge is 0.279 e. The minimum Gasteiger partial charge on any atom is -0.378 e. The van der Waals surface area contributed by atoms with Crippen LogP contribution in [0.1, 0.15) is 12.8 Å². The topological polar surface area (TPSA) is 41.6 Å². The summed E-state index contributed by atoms with van der Waals surface area (Å²) in [6.07, 6.45) is 2.19. The van der Waals surface area contributed by atoms with Crippen molar-refractivity contribution < 1.29 is 9.53 Å². The highest BCUT2D eigenvalue weighted by Gasteiger charge is 2.27. The van der Waals surface area contributed by atoms with Crippen molar-refractivity contribution in [3.8, 4) is 0 Å². The number of morpholine rings is 1. The normalized spacial score (nSPS) is 21.9. The summed E-state index contributed by atoms with van der Waals surface area (Å²) >= 11 is 5.10. The van der Waals surface area contributed by atoms with Gasteiger partial charge in [0, 0.05) is 19.1 Å². The van der Waals surface area contributed by atoms with Gasteiger partial charge in [0.15, 0.2) is 4.99 Å². The lowest BCUT2D eigenvalue weighted by molar-refractivity contribution is -0.115. The molecule has 1 heterocycles. The maximum absolute atomic E-state index is 11.6. The molecular weight excluding hydrogens is 200 g/mol. The highest BCUT2D eigenvalue weighted by molar-refractivity contribution is 7.82. The second kappa shape index (κ2) is 4.23. The number of thiocarbonyl (C=S) groups is 1. The summed E-state index contributed by atoms with van der Waals surface area (Å²) in [6.45, 7) is 2.79. The molecule has 5 heteroatoms. The van der Waals surface area contributed by atoms with Crippen molar-refractivity contribution in [1.29, 1.82) is 0 Å². The van der Waals surface area contributed by atoms with Crippen molar-refractivity contribution in [2.75, 3.05) is 26.3 Å². The minimum absolute atomic E-state index is 0.0931. The van der Waals surface area contributed by atoms with Crippen LogP contribution in [0.3, 0.4) is 0 Å². The van der Waals surface area contributed by atoms with Gasteiger partial charge in [0.05, 0.1) is 13.2 Å². The Labute approximate surface area is 88.6 Å². The summed E-state index contributed by atoms with van der Waals surface area (Å²) in [6, 6.07) is 0.376. The molecule has 2 aliphatic rings. The molecule has 0 bridgehead atoms. The third kappa shape index (κ3) is 2.42. The summed E-state index contributed by atoms with van der Waals surface area (Å²) in [5, 5.41) is 2.89. The number of carbonyl (C=O) groups is 1. The summed E-state index contributed by atoms with van der Waals surface area (Å²) in [5.41, 5.74) is 0. The van der Waals surface area contributed by atoms with Crippen LogP contribution in [0.25, 0.3) is 0 Å². The number of nitrogens with one attached hydrogen (secondary N) is 1. The van der Waals surface area contributed by atoms with E-state index in [4.69, 9.17) is 17.0 Å². The Bertz CT molecular complexity index is 247. The summed E-state index contributed by atoms with van der Waals surface area (Å²) in [5.74, 6) is -0.0931. The summed E-state index contributed by atoms with van der Waals surface area (Å²) < 4.78 is 5.19. The molecule has 0 unspecified atom stereocenters. The SMILES string of the molecule is O=C(NC1CC1)C(=S)N1CCOCC1. The van der Waals surface area contributed by atoms with E-state index in [-0.39, 0.29) is 5.91 Å². The van der Waals surface area contributed by atoms with Gasteiger partial charge >= 0.3 is 0 Å². The first kappa shape index (κ1) is 9.86. The molecule has 0 spiro atoms. The van der Waals surface area contributed by atoms with Gasteiger partial charge in [0.25, 0.3) is 5.91 Å². The number of hydrogen-bond acceptors (Lipinski definition) is 3. The number of amides is 1. The van der Waals surface area contributed by atoms with E-state index < -0.39 is 0 Å². The van der Waals surface area contributed by atoms with E-state index in [1.54, 1.807) is 0 Å². The summed E-state index contributed by atoms with van der Waals surface area (Å²) in [7, 11) is 0. The maximum Gasteiger partial charge on any atom is 0.279 e. The van der Waals surface area contributed by atoms with Crippen LogP contribution in [-0.2, 0) is 9.53 Å². The molecule has 0 radical (unpaired) electrons. The first-order chi connectivity index (χ1) is 6.77. The molecule has 1 N–H and O–H groups in total. The molecule has 2 fully saturated rings. The second-order valence-electron chi connectivity index (χ2n) is 3.65. The minimum atomic E-state index is -0.0931. The highest BCUT2D eigenvalue weighted by atomic mass is 32.1. The molecule has 1 aliphatic carbocycles. The monoisotopic (exact) mass is 214 g/mol. The Hall–Kier alpha value is -0.680. The van der Waals surface area contributed by atoms with Gasteiger partial charge in [0.1, 0.15) is 0 Å². The lowest BCUT2D eigenvalue weighted by atomic mass is 10.4. The van der Waals surface area contributed by atoms with Crippen LogP contribution in [0.4, 0.5) is 0 Å². The number of rotatable bonds is 1. The van der Waals surface area contributed by atoms with Gasteiger partial charge in [-0.15, -0.1) is 0 Å². The van der Waals surface area contributed by atoms with E-state index in [0.717, 1.165) is 25.9 Å². The van der Waals surface area contributed by atoms with Crippen molar-refractivity contribution in [1.82, 2.24) is 10.2 Å². The average molecular weight is 214 g/mol. The predicted octanol–water partition coefficient (Wildman–Crippen LogP) is -0.0754. The fourth-order valence-electron chi connectivity index (χ4n) is 1.38. The molecule has 4 nitrogen and oxygen atoms in total. The van der Waals surface area contributed by atoms with Crippen molar-refractivity contribution in [3.63, 3.8) is 0 Å². The van der Waals surface area contributed by atoms with E-state index in [1.807, 2.05) is 4.90 Å². The Kier molecular flexibility index (Phi) is 2.98. The van der Waals surface area contributed by atoms with Crippen LogP contribution in [0.5, 0.6) is 0 Å². The van der Waals surface area contributed by atoms with Gasteiger partial charge in [-0.25, -0.2) is 0 Å². The van der Waals surface area contributed by atoms with Gasteiger partial charge in [0.2, 0.25) is 0 Å². The third-order valence-corrected chi connectivity index (χ3v) is 2.85. The molecule has 78 valence electrons. The number of ether oxygens (including phenoxy) is 1. The number of nitrogens with zero attached hydrogens (tertiary/aromatic N) is 1. The Balaban J connectivity index is 1.82. The quantitative estimate of drug-likeness (QED) is 0.620. The Morgan fingerprint density at radius 2 is 2.00 bits per heavy atom. The predicted molar refractivity (Wildman–Crippen MR) is 56.2 cm³/mol. The zero-order valence-corrected chi connectivity index (χ0v) is 8.81. The fourth-order valence-corrected chi connectivity index (χ4v) is 1.63. The lowest BCUT2D eigenvalue weighted by Gasteiger charge is -2.28. The largest absolute Gasteiger partial charge is 0.378 e. The number of carbonyl (C=O) groups excluding carboxylic acids is 1. The van der Waals surface area contributed by atoms with E-state index in [2.05, 4.69) is 5.32 Å². The second-order valence-corrected chi connectivity index (χ2v) is 4.04. The molecule has 0 aromatic carbocycles. The van der Waals surface area contributed by atoms with E-state index in [1.165, 1.54) is 0 Å². The van der Waals surface area contributed by atoms with Crippen molar-refractivity contribution in [2.24, 2.45) is 0 Å². The molecule has 1 saturated carbocycles. The fraction of sp³-hybridized carbons (Fsp3) is 0.778. The van der Waals surface area contributed by atoms with Crippen LogP contribution >= 0.6 is 12.2 Å². The van der Waals surface area contributed by atoms with E-state index in [9.17, 15) is 4.79 Å². The van der Waals surface area contributed by atoms with Crippen molar-refractivity contribution >= 4 is 23.1 Å². The first-order valence-electron chi connectivity index (χ1n) is 4.95. The molecular formula is C9H14N2O2S. The molecule has 1 amide bonds.